The van der Waals surface area contributed by atoms with Crippen LogP contribution in [-0.2, 0) is 0 Å². The summed E-state index contributed by atoms with van der Waals surface area (Å²) in [7, 11) is 0. The maximum atomic E-state index is 13.8. The summed E-state index contributed by atoms with van der Waals surface area (Å²) in [6.07, 6.45) is 0. The van der Waals surface area contributed by atoms with E-state index in [1.807, 2.05) is 13.0 Å². The van der Waals surface area contributed by atoms with Gasteiger partial charge in [0.05, 0.1) is 10.6 Å². The first-order valence-electron chi connectivity index (χ1n) is 5.87. The van der Waals surface area contributed by atoms with Gasteiger partial charge in [0, 0.05) is 11.1 Å². The van der Waals surface area contributed by atoms with Crippen molar-refractivity contribution in [3.8, 4) is 10.4 Å². The van der Waals surface area contributed by atoms with E-state index in [1.54, 1.807) is 12.1 Å². The summed E-state index contributed by atoms with van der Waals surface area (Å²) < 4.78 is 13.8. The van der Waals surface area contributed by atoms with Crippen LogP contribution in [0.25, 0.3) is 10.4 Å². The number of hydrogen-bond donors (Lipinski definition) is 1. The highest BCUT2D eigenvalue weighted by atomic mass is 32.1. The number of rotatable bonds is 2. The van der Waals surface area contributed by atoms with Crippen LogP contribution < -0.4 is 5.32 Å². The second-order valence-electron chi connectivity index (χ2n) is 5.29. The molecule has 4 heteroatoms. The van der Waals surface area contributed by atoms with E-state index in [-0.39, 0.29) is 11.4 Å². The lowest BCUT2D eigenvalue weighted by Gasteiger charge is -2.19. The zero-order valence-corrected chi connectivity index (χ0v) is 11.9. The number of anilines is 1. The molecule has 0 fully saturated rings. The molecule has 0 aliphatic heterocycles. The van der Waals surface area contributed by atoms with Crippen molar-refractivity contribution in [1.29, 1.82) is 0 Å². The van der Waals surface area contributed by atoms with Crippen LogP contribution in [0.1, 0.15) is 26.5 Å². The van der Waals surface area contributed by atoms with Crippen LogP contribution in [0.4, 0.5) is 9.52 Å². The minimum absolute atomic E-state index is 0.0448. The normalized spacial score (nSPS) is 11.6. The van der Waals surface area contributed by atoms with E-state index >= 15 is 0 Å². The van der Waals surface area contributed by atoms with Crippen LogP contribution >= 0.6 is 11.3 Å². The molecule has 1 heterocycles. The fourth-order valence-electron chi connectivity index (χ4n) is 1.67. The molecule has 0 atom stereocenters. The summed E-state index contributed by atoms with van der Waals surface area (Å²) >= 11 is 1.49. The van der Waals surface area contributed by atoms with Gasteiger partial charge in [-0.05, 0) is 33.8 Å². The Morgan fingerprint density at radius 3 is 2.50 bits per heavy atom. The smallest absolute Gasteiger partial charge is 0.183 e. The average molecular weight is 264 g/mol. The summed E-state index contributed by atoms with van der Waals surface area (Å²) in [5.41, 5.74) is 1.43. The Balaban J connectivity index is 2.39. The first-order valence-corrected chi connectivity index (χ1v) is 6.69. The van der Waals surface area contributed by atoms with E-state index in [1.165, 1.54) is 17.4 Å². The van der Waals surface area contributed by atoms with Gasteiger partial charge >= 0.3 is 0 Å². The van der Waals surface area contributed by atoms with Crippen LogP contribution in [0, 0.1) is 12.7 Å². The van der Waals surface area contributed by atoms with E-state index in [4.69, 9.17) is 0 Å². The number of nitrogens with one attached hydrogen (secondary N) is 1. The van der Waals surface area contributed by atoms with E-state index in [0.29, 0.717) is 5.56 Å². The van der Waals surface area contributed by atoms with Crippen molar-refractivity contribution in [1.82, 2.24) is 4.98 Å². The van der Waals surface area contributed by atoms with Crippen molar-refractivity contribution in [2.24, 2.45) is 0 Å². The molecule has 0 amide bonds. The van der Waals surface area contributed by atoms with Gasteiger partial charge in [-0.25, -0.2) is 9.37 Å². The molecule has 0 unspecified atom stereocenters. The summed E-state index contributed by atoms with van der Waals surface area (Å²) in [4.78, 5) is 5.34. The minimum atomic E-state index is -0.202. The molecule has 0 saturated heterocycles. The fourth-order valence-corrected chi connectivity index (χ4v) is 2.87. The number of aromatic nitrogens is 1. The quantitative estimate of drug-likeness (QED) is 0.865. The summed E-state index contributed by atoms with van der Waals surface area (Å²) in [5, 5.41) is 4.15. The molecule has 2 aromatic rings. The number of nitrogens with zero attached hydrogens (tertiary/aromatic N) is 1. The fraction of sp³-hybridized carbons (Fsp3) is 0.357. The zero-order chi connectivity index (χ0) is 13.3. The Morgan fingerprint density at radius 2 is 1.89 bits per heavy atom. The summed E-state index contributed by atoms with van der Waals surface area (Å²) in [6.45, 7) is 8.14. The maximum Gasteiger partial charge on any atom is 0.183 e. The van der Waals surface area contributed by atoms with Crippen molar-refractivity contribution in [3.63, 3.8) is 0 Å². The number of hydrogen-bond acceptors (Lipinski definition) is 3. The molecule has 2 rings (SSSR count). The lowest BCUT2D eigenvalue weighted by molar-refractivity contribution is 0.631. The van der Waals surface area contributed by atoms with E-state index in [2.05, 4.69) is 31.1 Å². The van der Waals surface area contributed by atoms with Gasteiger partial charge in [-0.2, -0.15) is 0 Å². The molecule has 0 saturated carbocycles. The molecule has 1 aromatic heterocycles. The standard InChI is InChI=1S/C14H17FN2S/c1-9-12(10-7-5-6-8-11(10)15)18-13(16-9)17-14(2,3)4/h5-8H,1-4H3,(H,16,17). The molecule has 18 heavy (non-hydrogen) atoms. The van der Waals surface area contributed by atoms with Crippen molar-refractivity contribution < 1.29 is 4.39 Å². The molecule has 0 aliphatic carbocycles. The van der Waals surface area contributed by atoms with Crippen molar-refractivity contribution >= 4 is 16.5 Å². The maximum absolute atomic E-state index is 13.8. The Hall–Kier alpha value is -1.42. The third-order valence-corrected chi connectivity index (χ3v) is 3.50. The van der Waals surface area contributed by atoms with Crippen LogP contribution in [0.3, 0.4) is 0 Å². The molecule has 0 aliphatic rings. The number of benzene rings is 1. The average Bonchev–Trinajstić information content (AvgIpc) is 2.57. The molecular formula is C14H17FN2S. The van der Waals surface area contributed by atoms with Crippen molar-refractivity contribution in [2.45, 2.75) is 33.2 Å². The predicted octanol–water partition coefficient (Wildman–Crippen LogP) is 4.47. The zero-order valence-electron chi connectivity index (χ0n) is 11.0. The second-order valence-corrected chi connectivity index (χ2v) is 6.29. The Bertz CT molecular complexity index is 555. The Kier molecular flexibility index (Phi) is 3.39. The second kappa shape index (κ2) is 4.69. The Morgan fingerprint density at radius 1 is 1.22 bits per heavy atom. The van der Waals surface area contributed by atoms with E-state index in [0.717, 1.165) is 15.7 Å². The van der Waals surface area contributed by atoms with Gasteiger partial charge < -0.3 is 5.32 Å². The molecule has 0 bridgehead atoms. The highest BCUT2D eigenvalue weighted by Crippen LogP contribution is 2.34. The summed E-state index contributed by atoms with van der Waals surface area (Å²) in [5.74, 6) is -0.202. The van der Waals surface area contributed by atoms with Gasteiger partial charge in [0.15, 0.2) is 5.13 Å². The third-order valence-electron chi connectivity index (χ3n) is 2.40. The van der Waals surface area contributed by atoms with Gasteiger partial charge in [-0.1, -0.05) is 29.5 Å². The molecule has 0 spiro atoms. The van der Waals surface area contributed by atoms with Crippen LogP contribution in [0.5, 0.6) is 0 Å². The van der Waals surface area contributed by atoms with Gasteiger partial charge in [0.25, 0.3) is 0 Å². The lowest BCUT2D eigenvalue weighted by atomic mass is 10.1. The lowest BCUT2D eigenvalue weighted by Crippen LogP contribution is -2.25. The summed E-state index contributed by atoms with van der Waals surface area (Å²) in [6, 6.07) is 6.81. The first-order chi connectivity index (χ1) is 8.37. The minimum Gasteiger partial charge on any atom is -0.357 e. The molecule has 0 radical (unpaired) electrons. The van der Waals surface area contributed by atoms with Crippen LogP contribution in [0.2, 0.25) is 0 Å². The predicted molar refractivity (Wildman–Crippen MR) is 75.6 cm³/mol. The third kappa shape index (κ3) is 2.88. The topological polar surface area (TPSA) is 24.9 Å². The highest BCUT2D eigenvalue weighted by Gasteiger charge is 2.16. The largest absolute Gasteiger partial charge is 0.357 e. The van der Waals surface area contributed by atoms with Crippen molar-refractivity contribution in [2.75, 3.05) is 5.32 Å². The number of halogens is 1. The van der Waals surface area contributed by atoms with Crippen LogP contribution in [0.15, 0.2) is 24.3 Å². The van der Waals surface area contributed by atoms with Crippen LogP contribution in [-0.4, -0.2) is 10.5 Å². The van der Waals surface area contributed by atoms with E-state index in [9.17, 15) is 4.39 Å². The SMILES string of the molecule is Cc1nc(NC(C)(C)C)sc1-c1ccccc1F. The molecule has 96 valence electrons. The molecule has 1 N–H and O–H groups in total. The molecular weight excluding hydrogens is 247 g/mol. The van der Waals surface area contributed by atoms with Gasteiger partial charge in [-0.15, -0.1) is 0 Å². The highest BCUT2D eigenvalue weighted by molar-refractivity contribution is 7.19. The van der Waals surface area contributed by atoms with Gasteiger partial charge in [0.2, 0.25) is 0 Å². The number of thiazole rings is 1. The number of aryl methyl sites for hydroxylation is 1. The Labute approximate surface area is 111 Å². The van der Waals surface area contributed by atoms with Crippen molar-refractivity contribution in [3.05, 3.63) is 35.8 Å². The first kappa shape index (κ1) is 13.0. The van der Waals surface area contributed by atoms with Gasteiger partial charge in [0.1, 0.15) is 5.82 Å². The molecule has 1 aromatic carbocycles. The molecule has 2 nitrogen and oxygen atoms in total. The van der Waals surface area contributed by atoms with E-state index < -0.39 is 0 Å². The monoisotopic (exact) mass is 264 g/mol. The van der Waals surface area contributed by atoms with Gasteiger partial charge in [-0.3, -0.25) is 0 Å².